The lowest BCUT2D eigenvalue weighted by molar-refractivity contribution is -0.118. The fraction of sp³-hybridized carbons (Fsp3) is 0.273. The maximum absolute atomic E-state index is 11.8. The monoisotopic (exact) mass is 269 g/mol. The molecule has 7 heteroatoms. The van der Waals surface area contributed by atoms with Crippen LogP contribution in [-0.4, -0.2) is 26.3 Å². The quantitative estimate of drug-likeness (QED) is 0.549. The molecule has 0 radical (unpaired) electrons. The normalized spacial score (nSPS) is 11.8. The molecule has 1 amide bonds. The van der Waals surface area contributed by atoms with Crippen LogP contribution >= 0.6 is 0 Å². The van der Waals surface area contributed by atoms with Crippen LogP contribution in [0.4, 0.5) is 5.69 Å². The van der Waals surface area contributed by atoms with Gasteiger partial charge in [0.25, 0.3) is 0 Å². The van der Waals surface area contributed by atoms with Gasteiger partial charge in [-0.15, -0.1) is 0 Å². The number of ketones is 1. The van der Waals surface area contributed by atoms with Crippen molar-refractivity contribution in [1.29, 1.82) is 0 Å². The first kappa shape index (κ1) is 14.3. The van der Waals surface area contributed by atoms with Gasteiger partial charge in [-0.25, -0.2) is 0 Å². The first-order valence-electron chi connectivity index (χ1n) is 5.21. The van der Waals surface area contributed by atoms with Gasteiger partial charge < -0.3 is 15.6 Å². The van der Waals surface area contributed by atoms with E-state index in [9.17, 15) is 18.4 Å². The molecule has 0 aliphatic heterocycles. The van der Waals surface area contributed by atoms with Gasteiger partial charge in [0.1, 0.15) is 0 Å². The third kappa shape index (κ3) is 4.64. The van der Waals surface area contributed by atoms with Crippen molar-refractivity contribution in [2.75, 3.05) is 11.2 Å². The summed E-state index contributed by atoms with van der Waals surface area (Å²) in [6, 6.07) is 6.52. The molecule has 0 bridgehead atoms. The molecule has 0 fully saturated rings. The topological polar surface area (TPSA) is 112 Å². The molecule has 0 aromatic heterocycles. The zero-order valence-electron chi connectivity index (χ0n) is 9.55. The van der Waals surface area contributed by atoms with Crippen LogP contribution < -0.4 is 11.1 Å². The fourth-order valence-electron chi connectivity index (χ4n) is 1.39. The van der Waals surface area contributed by atoms with Gasteiger partial charge in [0, 0.05) is 24.1 Å². The molecule has 1 aromatic carbocycles. The molecule has 0 spiro atoms. The lowest BCUT2D eigenvalue weighted by Crippen LogP contribution is -2.14. The molecule has 0 aliphatic carbocycles. The number of hydrogen-bond donors (Lipinski definition) is 2. The van der Waals surface area contributed by atoms with Gasteiger partial charge in [0.15, 0.2) is 5.78 Å². The Morgan fingerprint density at radius 3 is 2.56 bits per heavy atom. The van der Waals surface area contributed by atoms with Gasteiger partial charge in [0.2, 0.25) is 5.91 Å². The lowest BCUT2D eigenvalue weighted by atomic mass is 10.0. The van der Waals surface area contributed by atoms with Crippen molar-refractivity contribution < 1.29 is 18.4 Å². The fourth-order valence-corrected chi connectivity index (χ4v) is 1.66. The first-order chi connectivity index (χ1) is 8.50. The third-order valence-electron chi connectivity index (χ3n) is 2.21. The van der Waals surface area contributed by atoms with E-state index in [-0.39, 0.29) is 24.5 Å². The second-order valence-corrected chi connectivity index (χ2v) is 4.46. The Labute approximate surface area is 107 Å². The molecule has 1 rings (SSSR count). The molecule has 0 saturated heterocycles. The minimum atomic E-state index is -2.25. The summed E-state index contributed by atoms with van der Waals surface area (Å²) in [7, 11) is 0. The average Bonchev–Trinajstić information content (AvgIpc) is 2.33. The molecule has 98 valence electrons. The summed E-state index contributed by atoms with van der Waals surface area (Å²) in [5.74, 6) is -1.08. The van der Waals surface area contributed by atoms with Crippen LogP contribution in [0, 0.1) is 0 Å². The van der Waals surface area contributed by atoms with Crippen molar-refractivity contribution in [3.63, 3.8) is 0 Å². The van der Waals surface area contributed by atoms with E-state index in [1.54, 1.807) is 24.3 Å². The van der Waals surface area contributed by atoms with Gasteiger partial charge in [-0.3, -0.25) is 13.8 Å². The van der Waals surface area contributed by atoms with E-state index in [1.807, 2.05) is 0 Å². The van der Waals surface area contributed by atoms with E-state index in [0.717, 1.165) is 0 Å². The second kappa shape index (κ2) is 6.87. The van der Waals surface area contributed by atoms with E-state index >= 15 is 0 Å². The van der Waals surface area contributed by atoms with Crippen molar-refractivity contribution in [1.82, 2.24) is 0 Å². The number of nitrogens with two attached hydrogens (primary N) is 1. The van der Waals surface area contributed by atoms with Gasteiger partial charge >= 0.3 is 0 Å². The number of carbonyl (C=O) groups excluding carboxylic acids is 2. The molecular formula is C11H13N2O4S-. The van der Waals surface area contributed by atoms with Crippen LogP contribution in [0.3, 0.4) is 0 Å². The number of para-hydroxylation sites is 1. The highest BCUT2D eigenvalue weighted by Gasteiger charge is 2.11. The molecule has 0 heterocycles. The maximum Gasteiger partial charge on any atom is 0.217 e. The Bertz CT molecular complexity index is 476. The molecule has 6 nitrogen and oxygen atoms in total. The van der Waals surface area contributed by atoms with E-state index in [4.69, 9.17) is 5.73 Å². The van der Waals surface area contributed by atoms with E-state index < -0.39 is 17.0 Å². The number of anilines is 1. The largest absolute Gasteiger partial charge is 0.771 e. The van der Waals surface area contributed by atoms with Crippen molar-refractivity contribution >= 4 is 28.5 Å². The first-order valence-corrected chi connectivity index (χ1v) is 6.45. The van der Waals surface area contributed by atoms with Crippen molar-refractivity contribution in [3.8, 4) is 0 Å². The molecule has 1 atom stereocenters. The highest BCUT2D eigenvalue weighted by atomic mass is 32.2. The Kier molecular flexibility index (Phi) is 5.47. The van der Waals surface area contributed by atoms with Gasteiger partial charge in [0.05, 0.1) is 5.88 Å². The second-order valence-electron chi connectivity index (χ2n) is 3.56. The summed E-state index contributed by atoms with van der Waals surface area (Å²) in [5.41, 5.74) is 5.75. The van der Waals surface area contributed by atoms with Gasteiger partial charge in [-0.1, -0.05) is 12.1 Å². The average molecular weight is 269 g/mol. The highest BCUT2D eigenvalue weighted by molar-refractivity contribution is 7.79. The van der Waals surface area contributed by atoms with Crippen LogP contribution in [0.1, 0.15) is 23.2 Å². The number of benzene rings is 1. The van der Waals surface area contributed by atoms with Gasteiger partial charge in [-0.05, 0) is 23.2 Å². The van der Waals surface area contributed by atoms with E-state index in [2.05, 4.69) is 5.32 Å². The zero-order valence-corrected chi connectivity index (χ0v) is 10.4. The Hall–Kier alpha value is -1.73. The summed E-state index contributed by atoms with van der Waals surface area (Å²) >= 11 is -2.25. The predicted molar refractivity (Wildman–Crippen MR) is 66.6 cm³/mol. The third-order valence-corrected chi connectivity index (χ3v) is 2.59. The molecule has 18 heavy (non-hydrogen) atoms. The highest BCUT2D eigenvalue weighted by Crippen LogP contribution is 2.17. The molecule has 3 N–H and O–H groups in total. The van der Waals surface area contributed by atoms with Crippen LogP contribution in [0.25, 0.3) is 0 Å². The van der Waals surface area contributed by atoms with E-state index in [1.165, 1.54) is 0 Å². The van der Waals surface area contributed by atoms with Crippen molar-refractivity contribution in [2.45, 2.75) is 12.8 Å². The summed E-state index contributed by atoms with van der Waals surface area (Å²) < 4.78 is 20.9. The predicted octanol–water partition coefficient (Wildman–Crippen LogP) is 0.383. The Morgan fingerprint density at radius 2 is 1.94 bits per heavy atom. The smallest absolute Gasteiger partial charge is 0.217 e. The van der Waals surface area contributed by atoms with Crippen LogP contribution in [0.5, 0.6) is 0 Å². The minimum Gasteiger partial charge on any atom is -0.771 e. The number of carbonyl (C=O) groups is 2. The maximum atomic E-state index is 11.8. The summed E-state index contributed by atoms with van der Waals surface area (Å²) in [5, 5.41) is 2.63. The molecule has 0 aliphatic rings. The number of nitrogens with one attached hydrogen (secondary N) is 1. The molecule has 1 aromatic rings. The Balaban J connectivity index is 2.77. The SMILES string of the molecule is NC(=O)CCC(=O)c1ccccc1NCS(=O)[O-]. The molecular weight excluding hydrogens is 256 g/mol. The standard InChI is InChI=1S/C11H14N2O4S/c12-11(15)6-5-10(14)8-3-1-2-4-9(8)13-7-18(16)17/h1-4,13H,5-7H2,(H2,12,15)(H,16,17)/p-1. The van der Waals surface area contributed by atoms with Gasteiger partial charge in [-0.2, -0.15) is 0 Å². The minimum absolute atomic E-state index is 0.00842. The van der Waals surface area contributed by atoms with Crippen LogP contribution in [0.15, 0.2) is 24.3 Å². The lowest BCUT2D eigenvalue weighted by Gasteiger charge is -2.12. The zero-order chi connectivity index (χ0) is 13.5. The number of amides is 1. The number of primary amides is 1. The van der Waals surface area contributed by atoms with Crippen LogP contribution in [0.2, 0.25) is 0 Å². The summed E-state index contributed by atoms with van der Waals surface area (Å²) in [6.45, 7) is 0. The number of rotatable bonds is 7. The van der Waals surface area contributed by atoms with E-state index in [0.29, 0.717) is 11.3 Å². The summed E-state index contributed by atoms with van der Waals surface area (Å²) in [6.07, 6.45) is -0.0187. The van der Waals surface area contributed by atoms with Crippen LogP contribution in [-0.2, 0) is 15.9 Å². The number of hydrogen-bond acceptors (Lipinski definition) is 5. The molecule has 0 saturated carbocycles. The summed E-state index contributed by atoms with van der Waals surface area (Å²) in [4.78, 5) is 22.4. The Morgan fingerprint density at radius 1 is 1.28 bits per heavy atom. The number of Topliss-reactive ketones (excluding diaryl/α,β-unsaturated/α-hetero) is 1. The molecule has 1 unspecified atom stereocenters. The van der Waals surface area contributed by atoms with Crippen molar-refractivity contribution in [2.24, 2.45) is 5.73 Å². The van der Waals surface area contributed by atoms with Crippen molar-refractivity contribution in [3.05, 3.63) is 29.8 Å².